The third-order valence-corrected chi connectivity index (χ3v) is 2.04. The summed E-state index contributed by atoms with van der Waals surface area (Å²) in [6.45, 7) is 4.17. The van der Waals surface area contributed by atoms with Gasteiger partial charge in [0.05, 0.1) is 5.69 Å². The van der Waals surface area contributed by atoms with E-state index in [1.807, 2.05) is 24.3 Å². The first-order valence-electron chi connectivity index (χ1n) is 4.65. The van der Waals surface area contributed by atoms with Crippen molar-refractivity contribution >= 4 is 0 Å². The average Bonchev–Trinajstić information content (AvgIpc) is 2.68. The van der Waals surface area contributed by atoms with Crippen LogP contribution < -0.4 is 0 Å². The molecule has 0 fully saturated rings. The van der Waals surface area contributed by atoms with Gasteiger partial charge >= 0.3 is 0 Å². The summed E-state index contributed by atoms with van der Waals surface area (Å²) >= 11 is 0. The van der Waals surface area contributed by atoms with Crippen LogP contribution in [0.4, 0.5) is 0 Å². The monoisotopic (exact) mass is 188 g/mol. The van der Waals surface area contributed by atoms with Crippen LogP contribution in [0.2, 0.25) is 0 Å². The minimum atomic E-state index is 0.385. The molecule has 0 atom stereocenters. The van der Waals surface area contributed by atoms with Gasteiger partial charge in [0, 0.05) is 12.3 Å². The Kier molecular flexibility index (Phi) is 2.31. The lowest BCUT2D eigenvalue weighted by Crippen LogP contribution is -1.84. The van der Waals surface area contributed by atoms with E-state index < -0.39 is 0 Å². The van der Waals surface area contributed by atoms with Crippen LogP contribution >= 0.6 is 0 Å². The second kappa shape index (κ2) is 3.62. The van der Waals surface area contributed by atoms with Crippen molar-refractivity contribution < 1.29 is 4.52 Å². The van der Waals surface area contributed by atoms with Gasteiger partial charge in [-0.2, -0.15) is 0 Å². The zero-order valence-corrected chi connectivity index (χ0v) is 8.27. The number of hydrogen-bond acceptors (Lipinski definition) is 3. The summed E-state index contributed by atoms with van der Waals surface area (Å²) in [5.41, 5.74) is 1.79. The summed E-state index contributed by atoms with van der Waals surface area (Å²) in [6, 6.07) is 7.65. The van der Waals surface area contributed by atoms with Crippen molar-refractivity contribution in [1.82, 2.24) is 10.1 Å². The van der Waals surface area contributed by atoms with Gasteiger partial charge < -0.3 is 4.52 Å². The minimum absolute atomic E-state index is 0.385. The first kappa shape index (κ1) is 8.94. The van der Waals surface area contributed by atoms with Crippen molar-refractivity contribution in [2.45, 2.75) is 19.8 Å². The third-order valence-electron chi connectivity index (χ3n) is 2.04. The Balaban J connectivity index is 2.34. The molecule has 3 heteroatoms. The molecule has 0 aliphatic heterocycles. The summed E-state index contributed by atoms with van der Waals surface area (Å²) in [6.07, 6.45) is 1.74. The molecule has 0 N–H and O–H groups in total. The Hall–Kier alpha value is -1.64. The maximum atomic E-state index is 5.20. The minimum Gasteiger partial charge on any atom is -0.354 e. The highest BCUT2D eigenvalue weighted by atomic mass is 16.5. The van der Waals surface area contributed by atoms with E-state index in [1.54, 1.807) is 6.20 Å². The van der Waals surface area contributed by atoms with Crippen molar-refractivity contribution in [3.8, 4) is 11.5 Å². The first-order chi connectivity index (χ1) is 6.77. The molecular weight excluding hydrogens is 176 g/mol. The Morgan fingerprint density at radius 1 is 1.29 bits per heavy atom. The van der Waals surface area contributed by atoms with Gasteiger partial charge in [-0.05, 0) is 18.1 Å². The summed E-state index contributed by atoms with van der Waals surface area (Å²) in [5.74, 6) is 1.12. The van der Waals surface area contributed by atoms with Gasteiger partial charge in [-0.15, -0.1) is 0 Å². The van der Waals surface area contributed by atoms with Gasteiger partial charge in [-0.1, -0.05) is 25.1 Å². The molecule has 0 radical (unpaired) electrons. The maximum absolute atomic E-state index is 5.20. The molecule has 0 bridgehead atoms. The van der Waals surface area contributed by atoms with Crippen LogP contribution in [0.1, 0.15) is 25.5 Å². The van der Waals surface area contributed by atoms with Crippen LogP contribution in [0.15, 0.2) is 35.0 Å². The van der Waals surface area contributed by atoms with Crippen molar-refractivity contribution in [1.29, 1.82) is 0 Å². The molecule has 72 valence electrons. The number of hydrogen-bond donors (Lipinski definition) is 0. The lowest BCUT2D eigenvalue weighted by molar-refractivity contribution is 0.419. The zero-order valence-electron chi connectivity index (χ0n) is 8.27. The molecule has 0 saturated carbocycles. The zero-order chi connectivity index (χ0) is 9.97. The first-order valence-corrected chi connectivity index (χ1v) is 4.65. The summed E-state index contributed by atoms with van der Waals surface area (Å²) in [4.78, 5) is 4.19. The molecule has 2 aromatic heterocycles. The molecule has 0 aliphatic carbocycles. The lowest BCUT2D eigenvalue weighted by Gasteiger charge is -1.93. The van der Waals surface area contributed by atoms with Crippen LogP contribution in [0.3, 0.4) is 0 Å². The summed E-state index contributed by atoms with van der Waals surface area (Å²) in [7, 11) is 0. The fourth-order valence-electron chi connectivity index (χ4n) is 1.19. The fraction of sp³-hybridized carbons (Fsp3) is 0.273. The number of aromatic nitrogens is 2. The van der Waals surface area contributed by atoms with Gasteiger partial charge in [0.1, 0.15) is 5.69 Å². The lowest BCUT2D eigenvalue weighted by atomic mass is 10.1. The molecule has 0 spiro atoms. The molecule has 0 aliphatic rings. The van der Waals surface area contributed by atoms with Crippen LogP contribution in [-0.4, -0.2) is 10.1 Å². The van der Waals surface area contributed by atoms with Crippen molar-refractivity contribution in [2.24, 2.45) is 0 Å². The van der Waals surface area contributed by atoms with Crippen LogP contribution in [0.5, 0.6) is 0 Å². The van der Waals surface area contributed by atoms with E-state index in [0.717, 1.165) is 17.1 Å². The highest BCUT2D eigenvalue weighted by Crippen LogP contribution is 2.21. The Morgan fingerprint density at radius 2 is 2.14 bits per heavy atom. The number of rotatable bonds is 2. The van der Waals surface area contributed by atoms with E-state index in [-0.39, 0.29) is 0 Å². The standard InChI is InChI=1S/C11H12N2O/c1-8(2)10-7-11(14-13-10)9-5-3-4-6-12-9/h3-8H,1-2H3. The fourth-order valence-corrected chi connectivity index (χ4v) is 1.19. The average molecular weight is 188 g/mol. The molecule has 14 heavy (non-hydrogen) atoms. The SMILES string of the molecule is CC(C)c1cc(-c2ccccn2)on1. The molecule has 0 aromatic carbocycles. The molecular formula is C11H12N2O. The molecule has 2 rings (SSSR count). The van der Waals surface area contributed by atoms with E-state index in [9.17, 15) is 0 Å². The second-order valence-electron chi connectivity index (χ2n) is 3.49. The normalized spacial score (nSPS) is 10.8. The van der Waals surface area contributed by atoms with Gasteiger partial charge in [-0.25, -0.2) is 0 Å². The van der Waals surface area contributed by atoms with E-state index >= 15 is 0 Å². The van der Waals surface area contributed by atoms with Crippen LogP contribution in [-0.2, 0) is 0 Å². The molecule has 3 nitrogen and oxygen atoms in total. The Bertz CT molecular complexity index is 406. The van der Waals surface area contributed by atoms with Crippen LogP contribution in [0.25, 0.3) is 11.5 Å². The molecule has 0 unspecified atom stereocenters. The summed E-state index contributed by atoms with van der Waals surface area (Å²) in [5, 5.41) is 3.98. The number of nitrogens with zero attached hydrogens (tertiary/aromatic N) is 2. The predicted octanol–water partition coefficient (Wildman–Crippen LogP) is 2.86. The van der Waals surface area contributed by atoms with Gasteiger partial charge in [0.25, 0.3) is 0 Å². The Labute approximate surface area is 82.8 Å². The topological polar surface area (TPSA) is 38.9 Å². The van der Waals surface area contributed by atoms with E-state index in [2.05, 4.69) is 24.0 Å². The largest absolute Gasteiger partial charge is 0.354 e. The quantitative estimate of drug-likeness (QED) is 0.727. The Morgan fingerprint density at radius 3 is 2.71 bits per heavy atom. The molecule has 2 heterocycles. The van der Waals surface area contributed by atoms with Crippen molar-refractivity contribution in [3.63, 3.8) is 0 Å². The van der Waals surface area contributed by atoms with Gasteiger partial charge in [-0.3, -0.25) is 4.98 Å². The maximum Gasteiger partial charge on any atom is 0.185 e. The molecule has 2 aromatic rings. The van der Waals surface area contributed by atoms with Crippen LogP contribution in [0, 0.1) is 0 Å². The van der Waals surface area contributed by atoms with Gasteiger partial charge in [0.2, 0.25) is 0 Å². The molecule has 0 saturated heterocycles. The van der Waals surface area contributed by atoms with Crippen molar-refractivity contribution in [3.05, 3.63) is 36.2 Å². The third kappa shape index (κ3) is 1.66. The second-order valence-corrected chi connectivity index (χ2v) is 3.49. The van der Waals surface area contributed by atoms with Crippen molar-refractivity contribution in [2.75, 3.05) is 0 Å². The van der Waals surface area contributed by atoms with E-state index in [0.29, 0.717) is 5.92 Å². The highest BCUT2D eigenvalue weighted by Gasteiger charge is 2.09. The van der Waals surface area contributed by atoms with E-state index in [4.69, 9.17) is 4.52 Å². The highest BCUT2D eigenvalue weighted by molar-refractivity contribution is 5.51. The predicted molar refractivity (Wildman–Crippen MR) is 53.8 cm³/mol. The molecule has 0 amide bonds. The number of pyridine rings is 1. The smallest absolute Gasteiger partial charge is 0.185 e. The van der Waals surface area contributed by atoms with Gasteiger partial charge in [0.15, 0.2) is 5.76 Å². The van der Waals surface area contributed by atoms with E-state index in [1.165, 1.54) is 0 Å². The summed E-state index contributed by atoms with van der Waals surface area (Å²) < 4.78 is 5.20.